The summed E-state index contributed by atoms with van der Waals surface area (Å²) >= 11 is 0. The van der Waals surface area contributed by atoms with Gasteiger partial charge in [-0.1, -0.05) is 0 Å². The van der Waals surface area contributed by atoms with Crippen molar-refractivity contribution >= 4 is 11.9 Å². The van der Waals surface area contributed by atoms with E-state index in [-0.39, 0.29) is 25.7 Å². The van der Waals surface area contributed by atoms with E-state index in [9.17, 15) is 19.8 Å². The molecule has 2 unspecified atom stereocenters. The molecule has 3 amide bonds. The van der Waals surface area contributed by atoms with Crippen molar-refractivity contribution in [1.29, 1.82) is 0 Å². The van der Waals surface area contributed by atoms with Crippen LogP contribution >= 0.6 is 0 Å². The van der Waals surface area contributed by atoms with E-state index in [2.05, 4.69) is 10.6 Å². The van der Waals surface area contributed by atoms with Gasteiger partial charge >= 0.3 is 6.03 Å². The van der Waals surface area contributed by atoms with E-state index in [0.717, 1.165) is 12.8 Å². The number of carbonyl (C=O) groups excluding carboxylic acids is 2. The SMILES string of the molecule is O=C(CN1CC(O)C(O)C1)NC(=O)NC1CC1. The van der Waals surface area contributed by atoms with Crippen molar-refractivity contribution in [3.63, 3.8) is 0 Å². The number of aliphatic hydroxyl groups is 2. The lowest BCUT2D eigenvalue weighted by molar-refractivity contribution is -0.121. The molecule has 1 saturated carbocycles. The summed E-state index contributed by atoms with van der Waals surface area (Å²) in [7, 11) is 0. The Bertz CT molecular complexity index is 309. The van der Waals surface area contributed by atoms with Crippen LogP contribution in [0.5, 0.6) is 0 Å². The van der Waals surface area contributed by atoms with Crippen molar-refractivity contribution < 1.29 is 19.8 Å². The first kappa shape index (κ1) is 12.3. The highest BCUT2D eigenvalue weighted by Crippen LogP contribution is 2.18. The normalized spacial score (nSPS) is 29.1. The number of β-amino-alcohol motifs (C(OH)–C–C–N with tert-alkyl or cyclic N) is 2. The summed E-state index contributed by atoms with van der Waals surface area (Å²) in [6.07, 6.45) is 0.296. The van der Waals surface area contributed by atoms with E-state index < -0.39 is 24.1 Å². The Hall–Kier alpha value is -1.18. The standard InChI is InChI=1S/C10H17N3O4/c14-7-3-13(4-8(7)15)5-9(16)12-10(17)11-6-1-2-6/h6-8,14-15H,1-5H2,(H2,11,12,16,17). The fourth-order valence-corrected chi connectivity index (χ4v) is 1.79. The number of imide groups is 1. The monoisotopic (exact) mass is 243 g/mol. The van der Waals surface area contributed by atoms with E-state index in [1.165, 1.54) is 0 Å². The van der Waals surface area contributed by atoms with Gasteiger partial charge < -0.3 is 15.5 Å². The minimum Gasteiger partial charge on any atom is -0.389 e. The quantitative estimate of drug-likeness (QED) is 0.460. The summed E-state index contributed by atoms with van der Waals surface area (Å²) in [5.74, 6) is -0.426. The maximum absolute atomic E-state index is 11.4. The Kier molecular flexibility index (Phi) is 3.60. The molecule has 1 heterocycles. The molecule has 2 rings (SSSR count). The lowest BCUT2D eigenvalue weighted by Gasteiger charge is -2.13. The third kappa shape index (κ3) is 3.65. The first-order chi connectivity index (χ1) is 8.04. The number of amides is 3. The predicted molar refractivity (Wildman–Crippen MR) is 58.2 cm³/mol. The minimum atomic E-state index is -0.817. The van der Waals surface area contributed by atoms with Crippen LogP contribution in [0.4, 0.5) is 4.79 Å². The number of aliphatic hydroxyl groups excluding tert-OH is 2. The summed E-state index contributed by atoms with van der Waals surface area (Å²) in [6.45, 7) is 0.504. The van der Waals surface area contributed by atoms with Gasteiger partial charge in [0.05, 0.1) is 18.8 Å². The molecule has 0 aromatic rings. The number of nitrogens with one attached hydrogen (secondary N) is 2. The van der Waals surface area contributed by atoms with Crippen molar-refractivity contribution in [2.75, 3.05) is 19.6 Å². The molecule has 0 spiro atoms. The molecule has 1 aliphatic heterocycles. The van der Waals surface area contributed by atoms with Crippen LogP contribution in [0.25, 0.3) is 0 Å². The lowest BCUT2D eigenvalue weighted by Crippen LogP contribution is -2.44. The number of hydrogen-bond acceptors (Lipinski definition) is 5. The second-order valence-electron chi connectivity index (χ2n) is 4.62. The van der Waals surface area contributed by atoms with E-state index >= 15 is 0 Å². The molecule has 0 aromatic heterocycles. The maximum Gasteiger partial charge on any atom is 0.321 e. The number of likely N-dealkylation sites (tertiary alicyclic amines) is 1. The van der Waals surface area contributed by atoms with Gasteiger partial charge in [0.25, 0.3) is 0 Å². The second kappa shape index (κ2) is 4.99. The summed E-state index contributed by atoms with van der Waals surface area (Å²) < 4.78 is 0. The Morgan fingerprint density at radius 3 is 2.29 bits per heavy atom. The zero-order chi connectivity index (χ0) is 12.4. The molecule has 2 atom stereocenters. The van der Waals surface area contributed by atoms with Crippen molar-refractivity contribution in [3.8, 4) is 0 Å². The molecule has 0 aromatic carbocycles. The van der Waals surface area contributed by atoms with Crippen LogP contribution in [0.15, 0.2) is 0 Å². The average Bonchev–Trinajstić information content (AvgIpc) is 2.94. The molecule has 1 aliphatic carbocycles. The highest BCUT2D eigenvalue weighted by atomic mass is 16.3. The van der Waals surface area contributed by atoms with Gasteiger partial charge in [-0.2, -0.15) is 0 Å². The molecule has 7 nitrogen and oxygen atoms in total. The van der Waals surface area contributed by atoms with Crippen LogP contribution in [0.1, 0.15) is 12.8 Å². The van der Waals surface area contributed by atoms with Crippen LogP contribution in [0, 0.1) is 0 Å². The van der Waals surface area contributed by atoms with Crippen LogP contribution in [-0.2, 0) is 4.79 Å². The Morgan fingerprint density at radius 1 is 1.18 bits per heavy atom. The van der Waals surface area contributed by atoms with Crippen molar-refractivity contribution in [2.24, 2.45) is 0 Å². The van der Waals surface area contributed by atoms with E-state index in [1.54, 1.807) is 4.90 Å². The smallest absolute Gasteiger partial charge is 0.321 e. The average molecular weight is 243 g/mol. The molecule has 1 saturated heterocycles. The van der Waals surface area contributed by atoms with E-state index in [4.69, 9.17) is 0 Å². The van der Waals surface area contributed by atoms with Gasteiger partial charge in [0.15, 0.2) is 0 Å². The van der Waals surface area contributed by atoms with Gasteiger partial charge in [0.2, 0.25) is 5.91 Å². The summed E-state index contributed by atoms with van der Waals surface area (Å²) in [5, 5.41) is 23.4. The summed E-state index contributed by atoms with van der Waals surface area (Å²) in [4.78, 5) is 24.3. The zero-order valence-electron chi connectivity index (χ0n) is 9.43. The van der Waals surface area contributed by atoms with Gasteiger partial charge in [-0.25, -0.2) is 4.79 Å². The van der Waals surface area contributed by atoms with E-state index in [1.807, 2.05) is 0 Å². The van der Waals surface area contributed by atoms with Crippen molar-refractivity contribution in [1.82, 2.24) is 15.5 Å². The predicted octanol–water partition coefficient (Wildman–Crippen LogP) is -1.99. The highest BCUT2D eigenvalue weighted by molar-refractivity contribution is 5.95. The molecule has 17 heavy (non-hydrogen) atoms. The number of rotatable bonds is 3. The summed E-state index contributed by atoms with van der Waals surface area (Å²) in [5.41, 5.74) is 0. The number of nitrogens with zero attached hydrogens (tertiary/aromatic N) is 1. The van der Waals surface area contributed by atoms with Gasteiger partial charge in [-0.3, -0.25) is 15.0 Å². The molecule has 7 heteroatoms. The van der Waals surface area contributed by atoms with Gasteiger partial charge in [-0.05, 0) is 12.8 Å². The molecule has 0 radical (unpaired) electrons. The van der Waals surface area contributed by atoms with Crippen LogP contribution in [0.2, 0.25) is 0 Å². The van der Waals surface area contributed by atoms with Crippen molar-refractivity contribution in [2.45, 2.75) is 31.1 Å². The Labute approximate surface area is 98.8 Å². The molecule has 2 aliphatic rings. The van der Waals surface area contributed by atoms with Crippen LogP contribution < -0.4 is 10.6 Å². The van der Waals surface area contributed by atoms with Crippen LogP contribution in [0.3, 0.4) is 0 Å². The van der Waals surface area contributed by atoms with Crippen molar-refractivity contribution in [3.05, 3.63) is 0 Å². The topological polar surface area (TPSA) is 102 Å². The second-order valence-corrected chi connectivity index (χ2v) is 4.62. The van der Waals surface area contributed by atoms with Gasteiger partial charge in [0, 0.05) is 19.1 Å². The fraction of sp³-hybridized carbons (Fsp3) is 0.800. The van der Waals surface area contributed by atoms with Gasteiger partial charge in [-0.15, -0.1) is 0 Å². The molecular weight excluding hydrogens is 226 g/mol. The van der Waals surface area contributed by atoms with Crippen LogP contribution in [-0.4, -0.2) is 64.9 Å². The zero-order valence-corrected chi connectivity index (χ0v) is 9.43. The molecule has 0 bridgehead atoms. The maximum atomic E-state index is 11.4. The Morgan fingerprint density at radius 2 is 1.76 bits per heavy atom. The van der Waals surface area contributed by atoms with Gasteiger partial charge in [0.1, 0.15) is 0 Å². The fourth-order valence-electron chi connectivity index (χ4n) is 1.79. The third-order valence-corrected chi connectivity index (χ3v) is 2.87. The largest absolute Gasteiger partial charge is 0.389 e. The number of urea groups is 1. The first-order valence-electron chi connectivity index (χ1n) is 5.73. The summed E-state index contributed by atoms with van der Waals surface area (Å²) in [6, 6.07) is -0.268. The Balaban J connectivity index is 1.68. The highest BCUT2D eigenvalue weighted by Gasteiger charge is 2.31. The lowest BCUT2D eigenvalue weighted by atomic mass is 10.3. The first-order valence-corrected chi connectivity index (χ1v) is 5.73. The number of hydrogen-bond donors (Lipinski definition) is 4. The van der Waals surface area contributed by atoms with E-state index in [0.29, 0.717) is 0 Å². The minimum absolute atomic E-state index is 0.00616. The third-order valence-electron chi connectivity index (χ3n) is 2.87. The molecular formula is C10H17N3O4. The molecule has 4 N–H and O–H groups in total. The number of carbonyl (C=O) groups is 2. The molecule has 96 valence electrons. The molecule has 2 fully saturated rings.